The molecule has 1 saturated heterocycles. The standard InChI is InChI=1S/C28H25Cl2N3O2S/c29-24-10-9-23(17-25(24)30)26-18-36-28(32-26)22-7-3-20(4-8-22)19-1-5-21(6-2-19)27(34)31-11-12-33-13-15-35-16-14-33/h1-10,17-18H,11-16H2,(H,31,34). The monoisotopic (exact) mass is 537 g/mol. The van der Waals surface area contributed by atoms with Gasteiger partial charge in [-0.25, -0.2) is 4.98 Å². The molecule has 0 spiro atoms. The van der Waals surface area contributed by atoms with E-state index >= 15 is 0 Å². The predicted molar refractivity (Wildman–Crippen MR) is 148 cm³/mol. The van der Waals surface area contributed by atoms with Gasteiger partial charge in [0.25, 0.3) is 5.91 Å². The van der Waals surface area contributed by atoms with Crippen molar-refractivity contribution in [2.24, 2.45) is 0 Å². The molecule has 0 bridgehead atoms. The number of aromatic nitrogens is 1. The van der Waals surface area contributed by atoms with Gasteiger partial charge in [-0.05, 0) is 35.4 Å². The number of carbonyl (C=O) groups is 1. The number of ether oxygens (including phenoxy) is 1. The largest absolute Gasteiger partial charge is 0.379 e. The van der Waals surface area contributed by atoms with Gasteiger partial charge >= 0.3 is 0 Å². The smallest absolute Gasteiger partial charge is 0.251 e. The van der Waals surface area contributed by atoms with Gasteiger partial charge in [-0.15, -0.1) is 11.3 Å². The Labute approximate surface area is 224 Å². The summed E-state index contributed by atoms with van der Waals surface area (Å²) < 4.78 is 5.36. The third kappa shape index (κ3) is 5.97. The molecule has 1 amide bonds. The summed E-state index contributed by atoms with van der Waals surface area (Å²) >= 11 is 13.8. The maximum atomic E-state index is 12.5. The number of benzene rings is 3. The molecular weight excluding hydrogens is 513 g/mol. The molecule has 2 heterocycles. The number of amides is 1. The second kappa shape index (κ2) is 11.5. The highest BCUT2D eigenvalue weighted by Crippen LogP contribution is 2.33. The molecule has 5 nitrogen and oxygen atoms in total. The highest BCUT2D eigenvalue weighted by Gasteiger charge is 2.12. The molecule has 0 radical (unpaired) electrons. The quantitative estimate of drug-likeness (QED) is 0.291. The molecule has 1 aliphatic rings. The molecular formula is C28H25Cl2N3O2S. The van der Waals surface area contributed by atoms with Crippen LogP contribution in [0.3, 0.4) is 0 Å². The van der Waals surface area contributed by atoms with E-state index in [1.807, 2.05) is 41.8 Å². The first-order valence-electron chi connectivity index (χ1n) is 11.8. The molecule has 0 aliphatic carbocycles. The third-order valence-electron chi connectivity index (χ3n) is 6.15. The number of thiazole rings is 1. The van der Waals surface area contributed by atoms with Gasteiger partial charge in [0.2, 0.25) is 0 Å². The van der Waals surface area contributed by atoms with Crippen molar-refractivity contribution in [3.8, 4) is 33.0 Å². The molecule has 1 aromatic heterocycles. The van der Waals surface area contributed by atoms with Crippen molar-refractivity contribution in [3.63, 3.8) is 0 Å². The molecule has 0 atom stereocenters. The number of rotatable bonds is 7. The van der Waals surface area contributed by atoms with E-state index in [1.165, 1.54) is 0 Å². The number of hydrogen-bond donors (Lipinski definition) is 1. The van der Waals surface area contributed by atoms with Crippen molar-refractivity contribution < 1.29 is 9.53 Å². The van der Waals surface area contributed by atoms with Crippen LogP contribution in [0.2, 0.25) is 10.0 Å². The molecule has 1 N–H and O–H groups in total. The molecule has 8 heteroatoms. The van der Waals surface area contributed by atoms with Gasteiger partial charge in [0.15, 0.2) is 0 Å². The highest BCUT2D eigenvalue weighted by molar-refractivity contribution is 7.13. The number of halogens is 2. The van der Waals surface area contributed by atoms with Gasteiger partial charge in [0.05, 0.1) is 29.0 Å². The zero-order chi connectivity index (χ0) is 24.9. The third-order valence-corrected chi connectivity index (χ3v) is 7.78. The average Bonchev–Trinajstić information content (AvgIpc) is 3.41. The van der Waals surface area contributed by atoms with Gasteiger partial charge < -0.3 is 10.1 Å². The maximum absolute atomic E-state index is 12.5. The van der Waals surface area contributed by atoms with Crippen LogP contribution in [0.15, 0.2) is 72.1 Å². The zero-order valence-corrected chi connectivity index (χ0v) is 21.9. The summed E-state index contributed by atoms with van der Waals surface area (Å²) in [5.41, 5.74) is 5.66. The summed E-state index contributed by atoms with van der Waals surface area (Å²) in [6.07, 6.45) is 0. The van der Waals surface area contributed by atoms with Crippen LogP contribution in [0.25, 0.3) is 33.0 Å². The van der Waals surface area contributed by atoms with Gasteiger partial charge in [0.1, 0.15) is 5.01 Å². The fraction of sp³-hybridized carbons (Fsp3) is 0.214. The Morgan fingerprint density at radius 1 is 0.889 bits per heavy atom. The Kier molecular flexibility index (Phi) is 7.99. The number of nitrogens with one attached hydrogen (secondary N) is 1. The van der Waals surface area contributed by atoms with Gasteiger partial charge in [-0.3, -0.25) is 9.69 Å². The first-order chi connectivity index (χ1) is 17.6. The molecule has 36 heavy (non-hydrogen) atoms. The van der Waals surface area contributed by atoms with E-state index in [0.29, 0.717) is 22.2 Å². The summed E-state index contributed by atoms with van der Waals surface area (Å²) in [7, 11) is 0. The lowest BCUT2D eigenvalue weighted by Gasteiger charge is -2.26. The minimum absolute atomic E-state index is 0.0493. The second-order valence-corrected chi connectivity index (χ2v) is 10.2. The summed E-state index contributed by atoms with van der Waals surface area (Å²) in [5.74, 6) is -0.0493. The van der Waals surface area contributed by atoms with Crippen molar-refractivity contribution in [2.45, 2.75) is 0 Å². The van der Waals surface area contributed by atoms with Crippen LogP contribution < -0.4 is 5.32 Å². The van der Waals surface area contributed by atoms with Crippen molar-refractivity contribution in [3.05, 3.63) is 87.7 Å². The van der Waals surface area contributed by atoms with E-state index in [1.54, 1.807) is 17.4 Å². The van der Waals surface area contributed by atoms with Crippen molar-refractivity contribution in [1.82, 2.24) is 15.2 Å². The minimum atomic E-state index is -0.0493. The first kappa shape index (κ1) is 24.9. The van der Waals surface area contributed by atoms with Crippen LogP contribution in [-0.4, -0.2) is 55.2 Å². The Balaban J connectivity index is 1.20. The topological polar surface area (TPSA) is 54.5 Å². The van der Waals surface area contributed by atoms with E-state index in [0.717, 1.165) is 65.8 Å². The molecule has 5 rings (SSSR count). The fourth-order valence-corrected chi connectivity index (χ4v) is 5.20. The number of morpholine rings is 1. The lowest BCUT2D eigenvalue weighted by atomic mass is 10.0. The molecule has 0 saturated carbocycles. The van der Waals surface area contributed by atoms with E-state index in [2.05, 4.69) is 34.5 Å². The number of nitrogens with zero attached hydrogens (tertiary/aromatic N) is 2. The number of hydrogen-bond acceptors (Lipinski definition) is 5. The van der Waals surface area contributed by atoms with Crippen LogP contribution in [0.5, 0.6) is 0 Å². The second-order valence-electron chi connectivity index (χ2n) is 8.53. The summed E-state index contributed by atoms with van der Waals surface area (Å²) in [6, 6.07) is 21.5. The lowest BCUT2D eigenvalue weighted by Crippen LogP contribution is -2.41. The normalized spacial score (nSPS) is 14.1. The molecule has 184 valence electrons. The van der Waals surface area contributed by atoms with Crippen LogP contribution in [-0.2, 0) is 4.74 Å². The molecule has 0 unspecified atom stereocenters. The van der Waals surface area contributed by atoms with Crippen molar-refractivity contribution >= 4 is 40.4 Å². The van der Waals surface area contributed by atoms with Crippen LogP contribution >= 0.6 is 34.5 Å². The molecule has 1 aliphatic heterocycles. The van der Waals surface area contributed by atoms with E-state index < -0.39 is 0 Å². The van der Waals surface area contributed by atoms with Crippen LogP contribution in [0.4, 0.5) is 0 Å². The van der Waals surface area contributed by atoms with Crippen LogP contribution in [0, 0.1) is 0 Å². The predicted octanol–water partition coefficient (Wildman–Crippen LogP) is 6.51. The summed E-state index contributed by atoms with van der Waals surface area (Å²) in [5, 5.41) is 7.02. The lowest BCUT2D eigenvalue weighted by molar-refractivity contribution is 0.0383. The van der Waals surface area contributed by atoms with E-state index in [-0.39, 0.29) is 5.91 Å². The Morgan fingerprint density at radius 3 is 2.22 bits per heavy atom. The summed E-state index contributed by atoms with van der Waals surface area (Å²) in [4.78, 5) is 19.6. The fourth-order valence-electron chi connectivity index (χ4n) is 4.07. The van der Waals surface area contributed by atoms with Gasteiger partial charge in [-0.1, -0.05) is 65.7 Å². The average molecular weight is 539 g/mol. The molecule has 4 aromatic rings. The van der Waals surface area contributed by atoms with Crippen molar-refractivity contribution in [2.75, 3.05) is 39.4 Å². The Morgan fingerprint density at radius 2 is 1.53 bits per heavy atom. The maximum Gasteiger partial charge on any atom is 0.251 e. The zero-order valence-electron chi connectivity index (χ0n) is 19.5. The SMILES string of the molecule is O=C(NCCN1CCOCC1)c1ccc(-c2ccc(-c3nc(-c4ccc(Cl)c(Cl)c4)cs3)cc2)cc1. The van der Waals surface area contributed by atoms with Crippen molar-refractivity contribution in [1.29, 1.82) is 0 Å². The molecule has 3 aromatic carbocycles. The summed E-state index contributed by atoms with van der Waals surface area (Å²) in [6.45, 7) is 4.84. The Hall–Kier alpha value is -2.74. The molecule has 1 fully saturated rings. The first-order valence-corrected chi connectivity index (χ1v) is 13.4. The van der Waals surface area contributed by atoms with Gasteiger partial charge in [0, 0.05) is 48.2 Å². The van der Waals surface area contributed by atoms with E-state index in [4.69, 9.17) is 32.9 Å². The number of carbonyl (C=O) groups excluding carboxylic acids is 1. The highest BCUT2D eigenvalue weighted by atomic mass is 35.5. The van der Waals surface area contributed by atoms with E-state index in [9.17, 15) is 4.79 Å². The minimum Gasteiger partial charge on any atom is -0.379 e. The van der Waals surface area contributed by atoms with Gasteiger partial charge in [-0.2, -0.15) is 0 Å². The van der Waals surface area contributed by atoms with Crippen LogP contribution in [0.1, 0.15) is 10.4 Å². The Bertz CT molecular complexity index is 1330.